The number of rotatable bonds is 6. The molecule has 0 aromatic heterocycles. The SMILES string of the molecule is COc1ccccc1N[C@@H]1CCCC[C@H]1Nc1ccccc1OC. The van der Waals surface area contributed by atoms with E-state index in [1.54, 1.807) is 14.2 Å². The van der Waals surface area contributed by atoms with Gasteiger partial charge in [0.05, 0.1) is 25.6 Å². The van der Waals surface area contributed by atoms with Crippen molar-refractivity contribution in [1.29, 1.82) is 0 Å². The fraction of sp³-hybridized carbons (Fsp3) is 0.400. The van der Waals surface area contributed by atoms with Crippen LogP contribution in [0.5, 0.6) is 11.5 Å². The van der Waals surface area contributed by atoms with Gasteiger partial charge in [0.25, 0.3) is 0 Å². The van der Waals surface area contributed by atoms with E-state index in [1.165, 1.54) is 12.8 Å². The van der Waals surface area contributed by atoms with Gasteiger partial charge in [-0.25, -0.2) is 0 Å². The highest BCUT2D eigenvalue weighted by molar-refractivity contribution is 5.59. The van der Waals surface area contributed by atoms with Gasteiger partial charge in [0, 0.05) is 12.1 Å². The standard InChI is InChI=1S/C20H26N2O2/c1-23-19-13-7-5-11-17(19)21-15-9-3-4-10-16(15)22-18-12-6-8-14-20(18)24-2/h5-8,11-16,21-22H,3-4,9-10H2,1-2H3/t15-,16-/m1/s1. The molecule has 0 amide bonds. The lowest BCUT2D eigenvalue weighted by Gasteiger charge is -2.34. The van der Waals surface area contributed by atoms with Crippen molar-refractivity contribution in [3.8, 4) is 11.5 Å². The third-order valence-corrected chi connectivity index (χ3v) is 4.66. The number of para-hydroxylation sites is 4. The van der Waals surface area contributed by atoms with E-state index in [0.717, 1.165) is 35.7 Å². The summed E-state index contributed by atoms with van der Waals surface area (Å²) in [5.41, 5.74) is 2.11. The Morgan fingerprint density at radius 2 is 1.12 bits per heavy atom. The van der Waals surface area contributed by atoms with Crippen LogP contribution >= 0.6 is 0 Å². The predicted molar refractivity (Wildman–Crippen MR) is 99.3 cm³/mol. The van der Waals surface area contributed by atoms with Gasteiger partial charge in [0.1, 0.15) is 11.5 Å². The number of anilines is 2. The van der Waals surface area contributed by atoms with E-state index in [0.29, 0.717) is 12.1 Å². The van der Waals surface area contributed by atoms with Gasteiger partial charge in [0.15, 0.2) is 0 Å². The zero-order valence-corrected chi connectivity index (χ0v) is 14.4. The van der Waals surface area contributed by atoms with Gasteiger partial charge in [-0.1, -0.05) is 37.1 Å². The maximum absolute atomic E-state index is 5.47. The van der Waals surface area contributed by atoms with E-state index < -0.39 is 0 Å². The summed E-state index contributed by atoms with van der Waals surface area (Å²) >= 11 is 0. The molecule has 24 heavy (non-hydrogen) atoms. The molecule has 2 aromatic rings. The largest absolute Gasteiger partial charge is 0.495 e. The molecule has 3 rings (SSSR count). The normalized spacial score (nSPS) is 20.2. The van der Waals surface area contributed by atoms with E-state index in [4.69, 9.17) is 9.47 Å². The fourth-order valence-electron chi connectivity index (χ4n) is 3.40. The maximum Gasteiger partial charge on any atom is 0.141 e. The fourth-order valence-corrected chi connectivity index (χ4v) is 3.40. The van der Waals surface area contributed by atoms with Gasteiger partial charge in [0.2, 0.25) is 0 Å². The Kier molecular flexibility index (Phi) is 5.47. The van der Waals surface area contributed by atoms with E-state index in [1.807, 2.05) is 36.4 Å². The van der Waals surface area contributed by atoms with Crippen molar-refractivity contribution in [3.63, 3.8) is 0 Å². The molecule has 2 atom stereocenters. The first-order chi connectivity index (χ1) is 11.8. The molecular weight excluding hydrogens is 300 g/mol. The summed E-state index contributed by atoms with van der Waals surface area (Å²) < 4.78 is 10.9. The van der Waals surface area contributed by atoms with Crippen LogP contribution in [0.4, 0.5) is 11.4 Å². The molecule has 4 nitrogen and oxygen atoms in total. The van der Waals surface area contributed by atoms with Crippen LogP contribution in [0, 0.1) is 0 Å². The quantitative estimate of drug-likeness (QED) is 0.818. The highest BCUT2D eigenvalue weighted by atomic mass is 16.5. The highest BCUT2D eigenvalue weighted by Gasteiger charge is 2.26. The average molecular weight is 326 g/mol. The van der Waals surface area contributed by atoms with Crippen LogP contribution in [0.1, 0.15) is 25.7 Å². The molecule has 1 saturated carbocycles. The zero-order valence-electron chi connectivity index (χ0n) is 14.4. The van der Waals surface area contributed by atoms with Crippen molar-refractivity contribution < 1.29 is 9.47 Å². The zero-order chi connectivity index (χ0) is 16.8. The number of hydrogen-bond donors (Lipinski definition) is 2. The van der Waals surface area contributed by atoms with Crippen molar-refractivity contribution in [3.05, 3.63) is 48.5 Å². The van der Waals surface area contributed by atoms with Crippen molar-refractivity contribution >= 4 is 11.4 Å². The third-order valence-electron chi connectivity index (χ3n) is 4.66. The Labute approximate surface area is 144 Å². The van der Waals surface area contributed by atoms with E-state index in [-0.39, 0.29) is 0 Å². The van der Waals surface area contributed by atoms with Crippen LogP contribution in [0.2, 0.25) is 0 Å². The molecular formula is C20H26N2O2. The van der Waals surface area contributed by atoms with Crippen molar-refractivity contribution in [2.24, 2.45) is 0 Å². The molecule has 0 aliphatic heterocycles. The Bertz CT molecular complexity index is 602. The van der Waals surface area contributed by atoms with Crippen molar-refractivity contribution in [1.82, 2.24) is 0 Å². The molecule has 0 bridgehead atoms. The van der Waals surface area contributed by atoms with Gasteiger partial charge in [-0.15, -0.1) is 0 Å². The summed E-state index contributed by atoms with van der Waals surface area (Å²) in [7, 11) is 3.43. The van der Waals surface area contributed by atoms with Crippen LogP contribution in [0.15, 0.2) is 48.5 Å². The topological polar surface area (TPSA) is 42.5 Å². The van der Waals surface area contributed by atoms with Gasteiger partial charge in [-0.3, -0.25) is 0 Å². The molecule has 0 unspecified atom stereocenters. The summed E-state index contributed by atoms with van der Waals surface area (Å²) in [6, 6.07) is 16.9. The Hall–Kier alpha value is -2.36. The Morgan fingerprint density at radius 1 is 0.708 bits per heavy atom. The lowest BCUT2D eigenvalue weighted by Crippen LogP contribution is -2.41. The summed E-state index contributed by atoms with van der Waals surface area (Å²) in [4.78, 5) is 0. The summed E-state index contributed by atoms with van der Waals surface area (Å²) in [5, 5.41) is 7.36. The predicted octanol–water partition coefficient (Wildman–Crippen LogP) is 4.54. The highest BCUT2D eigenvalue weighted by Crippen LogP contribution is 2.31. The molecule has 0 saturated heterocycles. The summed E-state index contributed by atoms with van der Waals surface area (Å²) in [6.45, 7) is 0. The van der Waals surface area contributed by atoms with Crippen LogP contribution in [0.3, 0.4) is 0 Å². The van der Waals surface area contributed by atoms with Crippen LogP contribution in [-0.2, 0) is 0 Å². The molecule has 0 spiro atoms. The first-order valence-electron chi connectivity index (χ1n) is 8.61. The van der Waals surface area contributed by atoms with Crippen molar-refractivity contribution in [2.45, 2.75) is 37.8 Å². The lowest BCUT2D eigenvalue weighted by molar-refractivity contribution is 0.401. The second-order valence-corrected chi connectivity index (χ2v) is 6.19. The number of methoxy groups -OCH3 is 2. The second-order valence-electron chi connectivity index (χ2n) is 6.19. The average Bonchev–Trinajstić information content (AvgIpc) is 2.64. The minimum Gasteiger partial charge on any atom is -0.495 e. The monoisotopic (exact) mass is 326 g/mol. The third kappa shape index (κ3) is 3.75. The first kappa shape index (κ1) is 16.5. The number of ether oxygens (including phenoxy) is 2. The van der Waals surface area contributed by atoms with Crippen LogP contribution in [0.25, 0.3) is 0 Å². The van der Waals surface area contributed by atoms with E-state index in [2.05, 4.69) is 22.8 Å². The molecule has 2 aromatic carbocycles. The number of benzene rings is 2. The molecule has 1 aliphatic rings. The molecule has 4 heteroatoms. The lowest BCUT2D eigenvalue weighted by atomic mass is 9.89. The Balaban J connectivity index is 1.76. The van der Waals surface area contributed by atoms with E-state index in [9.17, 15) is 0 Å². The minimum absolute atomic E-state index is 0.361. The number of hydrogen-bond acceptors (Lipinski definition) is 4. The van der Waals surface area contributed by atoms with Gasteiger partial charge in [-0.2, -0.15) is 0 Å². The second kappa shape index (κ2) is 7.95. The van der Waals surface area contributed by atoms with Crippen LogP contribution in [-0.4, -0.2) is 26.3 Å². The molecule has 1 fully saturated rings. The van der Waals surface area contributed by atoms with Crippen molar-refractivity contribution in [2.75, 3.05) is 24.9 Å². The Morgan fingerprint density at radius 3 is 1.54 bits per heavy atom. The molecule has 128 valence electrons. The number of nitrogens with one attached hydrogen (secondary N) is 2. The first-order valence-corrected chi connectivity index (χ1v) is 8.61. The molecule has 1 aliphatic carbocycles. The van der Waals surface area contributed by atoms with Crippen LogP contribution < -0.4 is 20.1 Å². The van der Waals surface area contributed by atoms with Gasteiger partial charge in [-0.05, 0) is 37.1 Å². The van der Waals surface area contributed by atoms with Gasteiger partial charge >= 0.3 is 0 Å². The van der Waals surface area contributed by atoms with E-state index >= 15 is 0 Å². The molecule has 0 heterocycles. The summed E-state index contributed by atoms with van der Waals surface area (Å²) in [5.74, 6) is 1.78. The molecule has 0 radical (unpaired) electrons. The smallest absolute Gasteiger partial charge is 0.141 e. The minimum atomic E-state index is 0.361. The van der Waals surface area contributed by atoms with Gasteiger partial charge < -0.3 is 20.1 Å². The maximum atomic E-state index is 5.47. The summed E-state index contributed by atoms with van der Waals surface area (Å²) in [6.07, 6.45) is 4.78. The molecule has 2 N–H and O–H groups in total.